The molecule has 0 aliphatic carbocycles. The maximum absolute atomic E-state index is 12.4. The molecule has 2 rings (SSSR count). The monoisotopic (exact) mass is 261 g/mol. The number of H-pyrrole nitrogens is 2. The number of tetrazole rings is 1. The molecule has 2 aromatic rings. The zero-order valence-corrected chi connectivity index (χ0v) is 8.62. The standard InChI is InChI=1S/C7H6F3N7O/c8-7(9,10)3-1-5(18)13-6(12-3)11-2-4-14-16-17-15-4/h1H,2H2,(H2,11,12,13,18)(H,14,15,16,17). The third-order valence-corrected chi connectivity index (χ3v) is 1.84. The largest absolute Gasteiger partial charge is 0.433 e. The predicted molar refractivity (Wildman–Crippen MR) is 51.4 cm³/mol. The fraction of sp³-hybridized carbons (Fsp3) is 0.286. The van der Waals surface area contributed by atoms with Crippen molar-refractivity contribution in [3.8, 4) is 0 Å². The number of hydrogen-bond acceptors (Lipinski definition) is 6. The Kier molecular flexibility index (Phi) is 2.95. The van der Waals surface area contributed by atoms with Gasteiger partial charge in [0.15, 0.2) is 11.5 Å². The van der Waals surface area contributed by atoms with Gasteiger partial charge in [-0.15, -0.1) is 5.10 Å². The molecule has 0 saturated carbocycles. The number of aromatic nitrogens is 6. The number of halogens is 3. The van der Waals surface area contributed by atoms with Gasteiger partial charge in [-0.3, -0.25) is 9.78 Å². The minimum Gasteiger partial charge on any atom is -0.348 e. The van der Waals surface area contributed by atoms with Gasteiger partial charge >= 0.3 is 6.18 Å². The van der Waals surface area contributed by atoms with E-state index in [2.05, 4.69) is 35.9 Å². The molecule has 0 aliphatic rings. The number of hydrogen-bond donors (Lipinski definition) is 3. The normalized spacial score (nSPS) is 11.5. The molecule has 0 bridgehead atoms. The average Bonchev–Trinajstić information content (AvgIpc) is 2.77. The first-order valence-corrected chi connectivity index (χ1v) is 4.60. The van der Waals surface area contributed by atoms with Crippen molar-refractivity contribution in [2.75, 3.05) is 5.32 Å². The Morgan fingerprint density at radius 3 is 2.78 bits per heavy atom. The first-order chi connectivity index (χ1) is 8.45. The zero-order chi connectivity index (χ0) is 13.2. The fourth-order valence-electron chi connectivity index (χ4n) is 1.11. The van der Waals surface area contributed by atoms with Crippen molar-refractivity contribution in [2.45, 2.75) is 12.7 Å². The molecular weight excluding hydrogens is 255 g/mol. The molecule has 0 fully saturated rings. The highest BCUT2D eigenvalue weighted by atomic mass is 19.4. The van der Waals surface area contributed by atoms with Gasteiger partial charge in [-0.25, -0.2) is 10.1 Å². The first-order valence-electron chi connectivity index (χ1n) is 4.60. The SMILES string of the molecule is O=c1cc(C(F)(F)F)nc(NCc2nnn[nH]2)[nH]1. The predicted octanol–water partition coefficient (Wildman–Crippen LogP) is -0.0861. The van der Waals surface area contributed by atoms with E-state index in [4.69, 9.17) is 0 Å². The Morgan fingerprint density at radius 1 is 1.39 bits per heavy atom. The third kappa shape index (κ3) is 2.81. The Morgan fingerprint density at radius 2 is 2.17 bits per heavy atom. The van der Waals surface area contributed by atoms with Crippen LogP contribution in [0.25, 0.3) is 0 Å². The summed E-state index contributed by atoms with van der Waals surface area (Å²) in [6, 6.07) is 0.376. The van der Waals surface area contributed by atoms with E-state index in [1.807, 2.05) is 0 Å². The summed E-state index contributed by atoms with van der Waals surface area (Å²) in [6.45, 7) is -0.00273. The minimum absolute atomic E-state index is 0.00273. The van der Waals surface area contributed by atoms with Crippen molar-refractivity contribution in [1.29, 1.82) is 0 Å². The van der Waals surface area contributed by atoms with Gasteiger partial charge in [-0.1, -0.05) is 0 Å². The van der Waals surface area contributed by atoms with Crippen LogP contribution in [-0.2, 0) is 12.7 Å². The van der Waals surface area contributed by atoms with E-state index < -0.39 is 17.4 Å². The highest BCUT2D eigenvalue weighted by Crippen LogP contribution is 2.26. The summed E-state index contributed by atoms with van der Waals surface area (Å²) in [7, 11) is 0. The maximum Gasteiger partial charge on any atom is 0.433 e. The van der Waals surface area contributed by atoms with Crippen molar-refractivity contribution in [1.82, 2.24) is 30.6 Å². The van der Waals surface area contributed by atoms with Gasteiger partial charge in [0.2, 0.25) is 5.95 Å². The van der Waals surface area contributed by atoms with Crippen molar-refractivity contribution in [3.05, 3.63) is 27.9 Å². The number of aromatic amines is 2. The number of rotatable bonds is 3. The highest BCUT2D eigenvalue weighted by molar-refractivity contribution is 5.26. The van der Waals surface area contributed by atoms with Crippen molar-refractivity contribution in [2.24, 2.45) is 0 Å². The molecule has 0 aliphatic heterocycles. The lowest BCUT2D eigenvalue weighted by Gasteiger charge is -2.07. The van der Waals surface area contributed by atoms with Crippen LogP contribution in [0.1, 0.15) is 11.5 Å². The summed E-state index contributed by atoms with van der Waals surface area (Å²) in [4.78, 5) is 16.4. The molecule has 96 valence electrons. The van der Waals surface area contributed by atoms with Crippen LogP contribution >= 0.6 is 0 Å². The molecule has 0 unspecified atom stereocenters. The van der Waals surface area contributed by atoms with Gasteiger partial charge in [0.25, 0.3) is 5.56 Å². The van der Waals surface area contributed by atoms with Crippen molar-refractivity contribution >= 4 is 5.95 Å². The number of anilines is 1. The second-order valence-electron chi connectivity index (χ2n) is 3.18. The molecular formula is C7H6F3N7O. The molecule has 0 atom stereocenters. The van der Waals surface area contributed by atoms with Crippen LogP contribution in [0.3, 0.4) is 0 Å². The quantitative estimate of drug-likeness (QED) is 0.712. The molecule has 2 heterocycles. The summed E-state index contributed by atoms with van der Waals surface area (Å²) in [5.41, 5.74) is -2.18. The van der Waals surface area contributed by atoms with Gasteiger partial charge in [-0.2, -0.15) is 13.2 Å². The molecule has 3 N–H and O–H groups in total. The van der Waals surface area contributed by atoms with Gasteiger partial charge in [0, 0.05) is 6.07 Å². The molecule has 0 spiro atoms. The summed E-state index contributed by atoms with van der Waals surface area (Å²) in [6.07, 6.45) is -4.68. The van der Waals surface area contributed by atoms with Crippen LogP contribution < -0.4 is 10.9 Å². The van der Waals surface area contributed by atoms with Crippen molar-refractivity contribution in [3.63, 3.8) is 0 Å². The lowest BCUT2D eigenvalue weighted by Crippen LogP contribution is -2.19. The maximum atomic E-state index is 12.4. The van der Waals surface area contributed by atoms with E-state index in [0.29, 0.717) is 6.07 Å². The van der Waals surface area contributed by atoms with Crippen LogP contribution in [0.15, 0.2) is 10.9 Å². The van der Waals surface area contributed by atoms with E-state index in [1.165, 1.54) is 0 Å². The smallest absolute Gasteiger partial charge is 0.348 e. The Balaban J connectivity index is 2.18. The zero-order valence-electron chi connectivity index (χ0n) is 8.62. The van der Waals surface area contributed by atoms with E-state index in [1.54, 1.807) is 0 Å². The van der Waals surface area contributed by atoms with Crippen LogP contribution in [-0.4, -0.2) is 30.6 Å². The molecule has 8 nitrogen and oxygen atoms in total. The molecule has 11 heteroatoms. The van der Waals surface area contributed by atoms with E-state index in [9.17, 15) is 18.0 Å². The molecule has 0 radical (unpaired) electrons. The van der Waals surface area contributed by atoms with Gasteiger partial charge in [0.1, 0.15) is 0 Å². The second kappa shape index (κ2) is 4.43. The number of nitrogens with one attached hydrogen (secondary N) is 3. The van der Waals surface area contributed by atoms with E-state index in [0.717, 1.165) is 0 Å². The Bertz CT molecular complexity index is 575. The molecule has 0 saturated heterocycles. The number of alkyl halides is 3. The topological polar surface area (TPSA) is 112 Å². The van der Waals surface area contributed by atoms with Crippen LogP contribution in [0.4, 0.5) is 19.1 Å². The third-order valence-electron chi connectivity index (χ3n) is 1.84. The van der Waals surface area contributed by atoms with E-state index >= 15 is 0 Å². The van der Waals surface area contributed by atoms with Crippen LogP contribution in [0.2, 0.25) is 0 Å². The lowest BCUT2D eigenvalue weighted by atomic mass is 10.4. The Hall–Kier alpha value is -2.46. The van der Waals surface area contributed by atoms with Crippen LogP contribution in [0, 0.1) is 0 Å². The van der Waals surface area contributed by atoms with Gasteiger partial charge in [0.05, 0.1) is 6.54 Å². The highest BCUT2D eigenvalue weighted by Gasteiger charge is 2.33. The molecule has 2 aromatic heterocycles. The van der Waals surface area contributed by atoms with Crippen LogP contribution in [0.5, 0.6) is 0 Å². The van der Waals surface area contributed by atoms with Crippen molar-refractivity contribution < 1.29 is 13.2 Å². The van der Waals surface area contributed by atoms with Gasteiger partial charge in [-0.05, 0) is 10.4 Å². The summed E-state index contributed by atoms with van der Waals surface area (Å²) in [5.74, 6) is -0.0266. The molecule has 0 aromatic carbocycles. The summed E-state index contributed by atoms with van der Waals surface area (Å²) < 4.78 is 37.1. The fourth-order valence-corrected chi connectivity index (χ4v) is 1.11. The van der Waals surface area contributed by atoms with E-state index in [-0.39, 0.29) is 18.3 Å². The summed E-state index contributed by atoms with van der Waals surface area (Å²) in [5, 5.41) is 14.9. The molecule has 18 heavy (non-hydrogen) atoms. The Labute approximate surface area is 96.6 Å². The molecule has 0 amide bonds. The summed E-state index contributed by atoms with van der Waals surface area (Å²) >= 11 is 0. The van der Waals surface area contributed by atoms with Gasteiger partial charge < -0.3 is 5.32 Å². The second-order valence-corrected chi connectivity index (χ2v) is 3.18. The lowest BCUT2D eigenvalue weighted by molar-refractivity contribution is -0.141. The first kappa shape index (κ1) is 12.0. The minimum atomic E-state index is -4.68. The number of nitrogens with zero attached hydrogens (tertiary/aromatic N) is 4. The average molecular weight is 261 g/mol.